The van der Waals surface area contributed by atoms with E-state index in [4.69, 9.17) is 28.9 Å². The summed E-state index contributed by atoms with van der Waals surface area (Å²) in [7, 11) is 1.98. The quantitative estimate of drug-likeness (QED) is 0.854. The van der Waals surface area contributed by atoms with Crippen LogP contribution in [0.15, 0.2) is 42.5 Å². The van der Waals surface area contributed by atoms with Crippen LogP contribution in [0.3, 0.4) is 0 Å². The van der Waals surface area contributed by atoms with Gasteiger partial charge < -0.3 is 10.6 Å². The van der Waals surface area contributed by atoms with Crippen LogP contribution in [0.4, 0.5) is 11.4 Å². The first-order chi connectivity index (χ1) is 8.56. The fraction of sp³-hybridized carbons (Fsp3) is 0.143. The van der Waals surface area contributed by atoms with Crippen LogP contribution in [-0.2, 0) is 6.54 Å². The molecule has 2 rings (SSSR count). The van der Waals surface area contributed by atoms with E-state index in [-0.39, 0.29) is 0 Å². The van der Waals surface area contributed by atoms with Gasteiger partial charge >= 0.3 is 0 Å². The predicted octanol–water partition coefficient (Wildman–Crippen LogP) is 4.21. The molecule has 0 radical (unpaired) electrons. The second-order valence-corrected chi connectivity index (χ2v) is 5.06. The van der Waals surface area contributed by atoms with Gasteiger partial charge in [-0.05, 0) is 35.9 Å². The number of hydrogen-bond acceptors (Lipinski definition) is 2. The SMILES string of the molecule is CN(Cc1ccc(Cl)cc1)c1cc(Cl)ccc1N. The van der Waals surface area contributed by atoms with Crippen LogP contribution >= 0.6 is 23.2 Å². The van der Waals surface area contributed by atoms with Gasteiger partial charge in [0.25, 0.3) is 0 Å². The zero-order chi connectivity index (χ0) is 13.1. The van der Waals surface area contributed by atoms with Crippen molar-refractivity contribution in [1.82, 2.24) is 0 Å². The van der Waals surface area contributed by atoms with Crippen molar-refractivity contribution in [3.63, 3.8) is 0 Å². The maximum Gasteiger partial charge on any atom is 0.0615 e. The lowest BCUT2D eigenvalue weighted by Gasteiger charge is -2.21. The lowest BCUT2D eigenvalue weighted by molar-refractivity contribution is 0.925. The molecule has 4 heteroatoms. The first-order valence-electron chi connectivity index (χ1n) is 5.57. The molecule has 0 aromatic heterocycles. The predicted molar refractivity (Wildman–Crippen MR) is 79.4 cm³/mol. The Kier molecular flexibility index (Phi) is 4.00. The molecule has 0 amide bonds. The van der Waals surface area contributed by atoms with Crippen molar-refractivity contribution < 1.29 is 0 Å². The average Bonchev–Trinajstić information content (AvgIpc) is 2.35. The maximum atomic E-state index is 5.98. The third kappa shape index (κ3) is 3.09. The topological polar surface area (TPSA) is 29.3 Å². The summed E-state index contributed by atoms with van der Waals surface area (Å²) in [5.41, 5.74) is 8.76. The average molecular weight is 281 g/mol. The van der Waals surface area contributed by atoms with Crippen molar-refractivity contribution in [2.24, 2.45) is 0 Å². The van der Waals surface area contributed by atoms with Crippen LogP contribution in [0.1, 0.15) is 5.56 Å². The van der Waals surface area contributed by atoms with Gasteiger partial charge in [-0.15, -0.1) is 0 Å². The van der Waals surface area contributed by atoms with E-state index in [1.165, 1.54) is 5.56 Å². The normalized spacial score (nSPS) is 10.4. The molecule has 2 aromatic rings. The fourth-order valence-electron chi connectivity index (χ4n) is 1.80. The minimum Gasteiger partial charge on any atom is -0.397 e. The van der Waals surface area contributed by atoms with Crippen LogP contribution in [-0.4, -0.2) is 7.05 Å². The molecular formula is C14H14Cl2N2. The van der Waals surface area contributed by atoms with E-state index in [0.717, 1.165) is 22.9 Å². The van der Waals surface area contributed by atoms with Crippen LogP contribution in [0, 0.1) is 0 Å². The zero-order valence-corrected chi connectivity index (χ0v) is 11.5. The third-order valence-corrected chi connectivity index (χ3v) is 3.22. The maximum absolute atomic E-state index is 5.98. The molecular weight excluding hydrogens is 267 g/mol. The number of benzene rings is 2. The van der Waals surface area contributed by atoms with Gasteiger partial charge in [0.1, 0.15) is 0 Å². The number of nitrogens with zero attached hydrogens (tertiary/aromatic N) is 1. The molecule has 0 atom stereocenters. The van der Waals surface area contributed by atoms with E-state index in [1.54, 1.807) is 6.07 Å². The molecule has 0 aliphatic carbocycles. The second kappa shape index (κ2) is 5.51. The molecule has 0 bridgehead atoms. The fourth-order valence-corrected chi connectivity index (χ4v) is 2.09. The molecule has 0 saturated carbocycles. The van der Waals surface area contributed by atoms with Crippen molar-refractivity contribution in [3.05, 3.63) is 58.1 Å². The Bertz CT molecular complexity index is 538. The number of nitrogen functional groups attached to an aromatic ring is 1. The number of hydrogen-bond donors (Lipinski definition) is 1. The molecule has 2 N–H and O–H groups in total. The molecule has 0 aliphatic heterocycles. The van der Waals surface area contributed by atoms with Gasteiger partial charge in [-0.3, -0.25) is 0 Å². The van der Waals surface area contributed by atoms with Crippen molar-refractivity contribution >= 4 is 34.6 Å². The Balaban J connectivity index is 2.18. The summed E-state index contributed by atoms with van der Waals surface area (Å²) in [5.74, 6) is 0. The van der Waals surface area contributed by atoms with E-state index in [0.29, 0.717) is 5.02 Å². The minimum atomic E-state index is 0.683. The van der Waals surface area contributed by atoms with Crippen molar-refractivity contribution in [3.8, 4) is 0 Å². The lowest BCUT2D eigenvalue weighted by atomic mass is 10.2. The van der Waals surface area contributed by atoms with E-state index < -0.39 is 0 Å². The van der Waals surface area contributed by atoms with Crippen molar-refractivity contribution in [1.29, 1.82) is 0 Å². The highest BCUT2D eigenvalue weighted by Gasteiger charge is 2.06. The third-order valence-electron chi connectivity index (χ3n) is 2.74. The number of nitrogens with two attached hydrogens (primary N) is 1. The van der Waals surface area contributed by atoms with E-state index >= 15 is 0 Å². The van der Waals surface area contributed by atoms with Gasteiger partial charge in [0.05, 0.1) is 11.4 Å². The van der Waals surface area contributed by atoms with E-state index in [9.17, 15) is 0 Å². The van der Waals surface area contributed by atoms with E-state index in [1.807, 2.05) is 43.4 Å². The van der Waals surface area contributed by atoms with Gasteiger partial charge in [0.15, 0.2) is 0 Å². The first kappa shape index (κ1) is 13.1. The molecule has 2 nitrogen and oxygen atoms in total. The Labute approximate surface area is 117 Å². The second-order valence-electron chi connectivity index (χ2n) is 4.19. The van der Waals surface area contributed by atoms with Crippen LogP contribution in [0.5, 0.6) is 0 Å². The summed E-state index contributed by atoms with van der Waals surface area (Å²) in [6.45, 7) is 0.752. The molecule has 94 valence electrons. The highest BCUT2D eigenvalue weighted by Crippen LogP contribution is 2.27. The molecule has 0 fully saturated rings. The molecule has 18 heavy (non-hydrogen) atoms. The molecule has 0 heterocycles. The van der Waals surface area contributed by atoms with Gasteiger partial charge in [0, 0.05) is 23.6 Å². The summed E-state index contributed by atoms with van der Waals surface area (Å²) in [5, 5.41) is 1.42. The Morgan fingerprint density at radius 2 is 1.61 bits per heavy atom. The lowest BCUT2D eigenvalue weighted by Crippen LogP contribution is -2.17. The van der Waals surface area contributed by atoms with Crippen LogP contribution < -0.4 is 10.6 Å². The summed E-state index contributed by atoms with van der Waals surface area (Å²) in [6.07, 6.45) is 0. The summed E-state index contributed by atoms with van der Waals surface area (Å²) in [4.78, 5) is 2.06. The summed E-state index contributed by atoms with van der Waals surface area (Å²) >= 11 is 11.8. The van der Waals surface area contributed by atoms with Gasteiger partial charge in [-0.2, -0.15) is 0 Å². The molecule has 0 spiro atoms. The molecule has 0 aliphatic rings. The standard InChI is InChI=1S/C14H14Cl2N2/c1-18(9-10-2-4-11(15)5-3-10)14-8-12(16)6-7-13(14)17/h2-8H,9,17H2,1H3. The summed E-state index contributed by atoms with van der Waals surface area (Å²) < 4.78 is 0. The Morgan fingerprint density at radius 3 is 2.28 bits per heavy atom. The monoisotopic (exact) mass is 280 g/mol. The summed E-state index contributed by atoms with van der Waals surface area (Å²) in [6, 6.07) is 13.2. The van der Waals surface area contributed by atoms with E-state index in [2.05, 4.69) is 4.90 Å². The molecule has 0 saturated heterocycles. The zero-order valence-electron chi connectivity index (χ0n) is 10.0. The van der Waals surface area contributed by atoms with Crippen LogP contribution in [0.2, 0.25) is 10.0 Å². The number of rotatable bonds is 3. The smallest absolute Gasteiger partial charge is 0.0615 e. The van der Waals surface area contributed by atoms with Gasteiger partial charge in [-0.25, -0.2) is 0 Å². The van der Waals surface area contributed by atoms with Crippen molar-refractivity contribution in [2.75, 3.05) is 17.7 Å². The molecule has 0 unspecified atom stereocenters. The number of anilines is 2. The minimum absolute atomic E-state index is 0.683. The highest BCUT2D eigenvalue weighted by atomic mass is 35.5. The van der Waals surface area contributed by atoms with Crippen molar-refractivity contribution in [2.45, 2.75) is 6.54 Å². The Hall–Kier alpha value is -1.38. The largest absolute Gasteiger partial charge is 0.397 e. The first-order valence-corrected chi connectivity index (χ1v) is 6.32. The molecule has 2 aromatic carbocycles. The Morgan fingerprint density at radius 1 is 1.00 bits per heavy atom. The highest BCUT2D eigenvalue weighted by molar-refractivity contribution is 6.31. The number of halogens is 2. The van der Waals surface area contributed by atoms with Gasteiger partial charge in [-0.1, -0.05) is 35.3 Å². The van der Waals surface area contributed by atoms with Gasteiger partial charge in [0.2, 0.25) is 0 Å². The van der Waals surface area contributed by atoms with Crippen LogP contribution in [0.25, 0.3) is 0 Å².